The van der Waals surface area contributed by atoms with Crippen LogP contribution in [0.3, 0.4) is 0 Å². The van der Waals surface area contributed by atoms with E-state index in [0.717, 1.165) is 5.69 Å². The van der Waals surface area contributed by atoms with Crippen LogP contribution in [-0.4, -0.2) is 46.6 Å². The normalized spacial score (nSPS) is 11.8. The lowest BCUT2D eigenvalue weighted by Crippen LogP contribution is -2.32. The second kappa shape index (κ2) is 8.31. The molecule has 0 bridgehead atoms. The standard InChI is InChI=1S/C17H19F4N3O2/c1-23(9-14-6-7-24(2)22-14)15(25)13-5-3-4-12(8-13)10-26-11-17(20,21)16(18)19/h3-8,16H,9-11H2,1-2H3. The van der Waals surface area contributed by atoms with E-state index in [9.17, 15) is 22.4 Å². The summed E-state index contributed by atoms with van der Waals surface area (Å²) >= 11 is 0. The molecule has 0 fully saturated rings. The van der Waals surface area contributed by atoms with E-state index < -0.39 is 19.0 Å². The predicted octanol–water partition coefficient (Wildman–Crippen LogP) is 3.11. The lowest BCUT2D eigenvalue weighted by Gasteiger charge is -2.17. The Morgan fingerprint density at radius 2 is 2.08 bits per heavy atom. The monoisotopic (exact) mass is 373 g/mol. The van der Waals surface area contributed by atoms with Crippen molar-refractivity contribution in [2.75, 3.05) is 13.7 Å². The summed E-state index contributed by atoms with van der Waals surface area (Å²) in [6.07, 6.45) is -2.02. The molecular weight excluding hydrogens is 354 g/mol. The molecule has 2 aromatic rings. The average Bonchev–Trinajstić information content (AvgIpc) is 2.99. The Morgan fingerprint density at radius 3 is 2.69 bits per heavy atom. The van der Waals surface area contributed by atoms with Gasteiger partial charge in [0.15, 0.2) is 0 Å². The zero-order valence-corrected chi connectivity index (χ0v) is 14.3. The Balaban J connectivity index is 1.95. The molecule has 142 valence electrons. The fraction of sp³-hybridized carbons (Fsp3) is 0.412. The second-order valence-corrected chi connectivity index (χ2v) is 5.90. The van der Waals surface area contributed by atoms with Crippen LogP contribution in [0.1, 0.15) is 21.6 Å². The maximum Gasteiger partial charge on any atom is 0.330 e. The molecule has 1 amide bonds. The number of ether oxygens (including phenoxy) is 1. The van der Waals surface area contributed by atoms with Gasteiger partial charge in [-0.1, -0.05) is 12.1 Å². The minimum Gasteiger partial charge on any atom is -0.370 e. The van der Waals surface area contributed by atoms with Gasteiger partial charge in [-0.25, -0.2) is 8.78 Å². The molecule has 0 saturated carbocycles. The number of nitrogens with zero attached hydrogens (tertiary/aromatic N) is 3. The zero-order chi connectivity index (χ0) is 19.3. The summed E-state index contributed by atoms with van der Waals surface area (Å²) in [4.78, 5) is 13.9. The number of benzene rings is 1. The van der Waals surface area contributed by atoms with Gasteiger partial charge < -0.3 is 9.64 Å². The summed E-state index contributed by atoms with van der Waals surface area (Å²) in [5, 5.41) is 4.19. The minimum atomic E-state index is -4.20. The second-order valence-electron chi connectivity index (χ2n) is 5.90. The minimum absolute atomic E-state index is 0.282. The molecule has 2 rings (SSSR count). The van der Waals surface area contributed by atoms with Crippen molar-refractivity contribution >= 4 is 5.91 Å². The first-order valence-electron chi connectivity index (χ1n) is 7.75. The van der Waals surface area contributed by atoms with E-state index in [1.165, 1.54) is 11.0 Å². The topological polar surface area (TPSA) is 47.4 Å². The van der Waals surface area contributed by atoms with E-state index in [4.69, 9.17) is 0 Å². The summed E-state index contributed by atoms with van der Waals surface area (Å²) in [5.74, 6) is -4.48. The van der Waals surface area contributed by atoms with Gasteiger partial charge in [0.1, 0.15) is 6.61 Å². The third-order valence-corrected chi connectivity index (χ3v) is 3.57. The van der Waals surface area contributed by atoms with Crippen LogP contribution >= 0.6 is 0 Å². The van der Waals surface area contributed by atoms with Crippen LogP contribution in [0.4, 0.5) is 17.6 Å². The molecule has 0 saturated heterocycles. The van der Waals surface area contributed by atoms with E-state index >= 15 is 0 Å². The van der Waals surface area contributed by atoms with Gasteiger partial charge in [-0.05, 0) is 23.8 Å². The molecule has 0 N–H and O–H groups in total. The van der Waals surface area contributed by atoms with Crippen LogP contribution in [0.5, 0.6) is 0 Å². The summed E-state index contributed by atoms with van der Waals surface area (Å²) in [6, 6.07) is 7.99. The number of alkyl halides is 4. The first-order valence-corrected chi connectivity index (χ1v) is 7.75. The number of carbonyl (C=O) groups excluding carboxylic acids is 1. The van der Waals surface area contributed by atoms with Gasteiger partial charge in [-0.15, -0.1) is 0 Å². The van der Waals surface area contributed by atoms with Gasteiger partial charge in [0, 0.05) is 25.9 Å². The molecule has 5 nitrogen and oxygen atoms in total. The molecule has 0 radical (unpaired) electrons. The number of rotatable bonds is 8. The third kappa shape index (κ3) is 5.29. The van der Waals surface area contributed by atoms with Crippen LogP contribution in [0, 0.1) is 0 Å². The fourth-order valence-electron chi connectivity index (χ4n) is 2.24. The Labute approximate surface area is 148 Å². The fourth-order valence-corrected chi connectivity index (χ4v) is 2.24. The van der Waals surface area contributed by atoms with Gasteiger partial charge in [-0.3, -0.25) is 9.48 Å². The first kappa shape index (κ1) is 19.9. The van der Waals surface area contributed by atoms with E-state index in [2.05, 4.69) is 9.84 Å². The quantitative estimate of drug-likeness (QED) is 0.668. The highest BCUT2D eigenvalue weighted by molar-refractivity contribution is 5.94. The number of aryl methyl sites for hydroxylation is 1. The number of hydrogen-bond acceptors (Lipinski definition) is 3. The highest BCUT2D eigenvalue weighted by atomic mass is 19.3. The molecule has 0 aliphatic carbocycles. The summed E-state index contributed by atoms with van der Waals surface area (Å²) in [7, 11) is 3.38. The van der Waals surface area contributed by atoms with Crippen LogP contribution in [0.2, 0.25) is 0 Å². The maximum absolute atomic E-state index is 12.8. The Kier molecular flexibility index (Phi) is 6.36. The van der Waals surface area contributed by atoms with Crippen molar-refractivity contribution < 1.29 is 27.1 Å². The Hall–Kier alpha value is -2.42. The molecule has 0 unspecified atom stereocenters. The third-order valence-electron chi connectivity index (χ3n) is 3.57. The zero-order valence-electron chi connectivity index (χ0n) is 14.3. The first-order chi connectivity index (χ1) is 12.2. The van der Waals surface area contributed by atoms with Crippen molar-refractivity contribution in [3.05, 3.63) is 53.3 Å². The maximum atomic E-state index is 12.8. The molecule has 1 aromatic heterocycles. The Bertz CT molecular complexity index is 749. The van der Waals surface area contributed by atoms with Gasteiger partial charge in [0.25, 0.3) is 5.91 Å². The molecule has 0 atom stereocenters. The van der Waals surface area contributed by atoms with Crippen molar-refractivity contribution in [2.24, 2.45) is 7.05 Å². The average molecular weight is 373 g/mol. The van der Waals surface area contributed by atoms with Crippen molar-refractivity contribution in [3.8, 4) is 0 Å². The van der Waals surface area contributed by atoms with Crippen LogP contribution in [0.25, 0.3) is 0 Å². The molecule has 0 aliphatic rings. The van der Waals surface area contributed by atoms with Crippen molar-refractivity contribution in [1.82, 2.24) is 14.7 Å². The summed E-state index contributed by atoms with van der Waals surface area (Å²) in [6.45, 7) is -1.38. The smallest absolute Gasteiger partial charge is 0.330 e. The SMILES string of the molecule is CN(Cc1ccn(C)n1)C(=O)c1cccc(COCC(F)(F)C(F)F)c1. The van der Waals surface area contributed by atoms with Crippen molar-refractivity contribution in [3.63, 3.8) is 0 Å². The van der Waals surface area contributed by atoms with Crippen LogP contribution in [-0.2, 0) is 24.9 Å². The number of halogens is 4. The van der Waals surface area contributed by atoms with Crippen LogP contribution < -0.4 is 0 Å². The van der Waals surface area contributed by atoms with Crippen LogP contribution in [0.15, 0.2) is 36.5 Å². The van der Waals surface area contributed by atoms with E-state index in [-0.39, 0.29) is 12.5 Å². The van der Waals surface area contributed by atoms with Gasteiger partial charge in [-0.2, -0.15) is 13.9 Å². The van der Waals surface area contributed by atoms with Gasteiger partial charge >= 0.3 is 12.3 Å². The Morgan fingerprint density at radius 1 is 1.35 bits per heavy atom. The largest absolute Gasteiger partial charge is 0.370 e. The molecule has 26 heavy (non-hydrogen) atoms. The number of hydrogen-bond donors (Lipinski definition) is 0. The van der Waals surface area contributed by atoms with Crippen molar-refractivity contribution in [1.29, 1.82) is 0 Å². The highest BCUT2D eigenvalue weighted by Crippen LogP contribution is 2.23. The van der Waals surface area contributed by atoms with Crippen molar-refractivity contribution in [2.45, 2.75) is 25.5 Å². The molecule has 9 heteroatoms. The highest BCUT2D eigenvalue weighted by Gasteiger charge is 2.40. The molecule has 0 spiro atoms. The molecule has 1 aromatic carbocycles. The van der Waals surface area contributed by atoms with E-state index in [0.29, 0.717) is 17.7 Å². The number of amides is 1. The molecule has 0 aliphatic heterocycles. The molecular formula is C17H19F4N3O2. The summed E-state index contributed by atoms with van der Waals surface area (Å²) < 4.78 is 56.1. The van der Waals surface area contributed by atoms with Gasteiger partial charge in [0.2, 0.25) is 0 Å². The molecule has 1 heterocycles. The summed E-state index contributed by atoms with van der Waals surface area (Å²) in [5.41, 5.74) is 1.49. The van der Waals surface area contributed by atoms with E-state index in [1.54, 1.807) is 49.2 Å². The van der Waals surface area contributed by atoms with E-state index in [1.807, 2.05) is 0 Å². The van der Waals surface area contributed by atoms with Gasteiger partial charge in [0.05, 0.1) is 18.8 Å². The number of aromatic nitrogens is 2. The lowest BCUT2D eigenvalue weighted by atomic mass is 10.1. The predicted molar refractivity (Wildman–Crippen MR) is 86.1 cm³/mol. The number of carbonyl (C=O) groups is 1. The lowest BCUT2D eigenvalue weighted by molar-refractivity contribution is -0.168.